The van der Waals surface area contributed by atoms with E-state index in [1.54, 1.807) is 4.68 Å². The zero-order valence-corrected chi connectivity index (χ0v) is 7.65. The Hall–Kier alpha value is -1.17. The van der Waals surface area contributed by atoms with E-state index >= 15 is 0 Å². The Morgan fingerprint density at radius 3 is 2.83 bits per heavy atom. The van der Waals surface area contributed by atoms with Crippen LogP contribution in [0.3, 0.4) is 0 Å². The molecule has 68 valence electrons. The Bertz CT molecular complexity index is 232. The van der Waals surface area contributed by atoms with Crippen molar-refractivity contribution in [2.24, 2.45) is 7.05 Å². The second kappa shape index (κ2) is 4.01. The van der Waals surface area contributed by atoms with Gasteiger partial charge in [-0.25, -0.2) is 4.68 Å². The SMILES string of the molecule is CNCCN(C)c1nnnn1C. The summed E-state index contributed by atoms with van der Waals surface area (Å²) in [6, 6.07) is 0. The van der Waals surface area contributed by atoms with Gasteiger partial charge in [-0.3, -0.25) is 0 Å². The van der Waals surface area contributed by atoms with Crippen molar-refractivity contribution in [1.82, 2.24) is 25.5 Å². The zero-order valence-electron chi connectivity index (χ0n) is 7.65. The van der Waals surface area contributed by atoms with E-state index in [-0.39, 0.29) is 0 Å². The van der Waals surface area contributed by atoms with Crippen LogP contribution >= 0.6 is 0 Å². The molecule has 0 unspecified atom stereocenters. The predicted octanol–water partition coefficient (Wildman–Crippen LogP) is -1.13. The van der Waals surface area contributed by atoms with E-state index < -0.39 is 0 Å². The number of tetrazole rings is 1. The first-order valence-electron chi connectivity index (χ1n) is 3.84. The number of aryl methyl sites for hydroxylation is 1. The first-order chi connectivity index (χ1) is 5.75. The molecule has 0 aliphatic carbocycles. The summed E-state index contributed by atoms with van der Waals surface area (Å²) in [6.07, 6.45) is 0. The molecule has 1 heterocycles. The van der Waals surface area contributed by atoms with Gasteiger partial charge in [-0.1, -0.05) is 5.10 Å². The molecule has 0 radical (unpaired) electrons. The second-order valence-electron chi connectivity index (χ2n) is 2.63. The summed E-state index contributed by atoms with van der Waals surface area (Å²) in [5.41, 5.74) is 0. The monoisotopic (exact) mass is 170 g/mol. The maximum Gasteiger partial charge on any atom is 0.245 e. The highest BCUT2D eigenvalue weighted by Gasteiger charge is 2.06. The van der Waals surface area contributed by atoms with Gasteiger partial charge in [-0.2, -0.15) is 0 Å². The molecule has 0 amide bonds. The van der Waals surface area contributed by atoms with Crippen LogP contribution < -0.4 is 10.2 Å². The molecule has 0 aliphatic heterocycles. The van der Waals surface area contributed by atoms with Crippen molar-refractivity contribution in [3.8, 4) is 0 Å². The molecule has 1 aromatic heterocycles. The van der Waals surface area contributed by atoms with Crippen LogP contribution in [0.5, 0.6) is 0 Å². The topological polar surface area (TPSA) is 58.9 Å². The summed E-state index contributed by atoms with van der Waals surface area (Å²) in [5.74, 6) is 0.783. The molecule has 0 spiro atoms. The Morgan fingerprint density at radius 1 is 1.58 bits per heavy atom. The number of hydrogen-bond acceptors (Lipinski definition) is 5. The summed E-state index contributed by atoms with van der Waals surface area (Å²) in [7, 11) is 5.71. The van der Waals surface area contributed by atoms with Crippen LogP contribution in [0.2, 0.25) is 0 Å². The highest BCUT2D eigenvalue weighted by molar-refractivity contribution is 5.25. The van der Waals surface area contributed by atoms with Crippen LogP contribution in [-0.4, -0.2) is 47.4 Å². The van der Waals surface area contributed by atoms with Gasteiger partial charge in [-0.05, 0) is 17.5 Å². The van der Waals surface area contributed by atoms with Crippen molar-refractivity contribution in [3.05, 3.63) is 0 Å². The lowest BCUT2D eigenvalue weighted by atomic mass is 10.5. The van der Waals surface area contributed by atoms with Crippen LogP contribution in [0.25, 0.3) is 0 Å². The summed E-state index contributed by atoms with van der Waals surface area (Å²) in [6.45, 7) is 1.81. The fourth-order valence-corrected chi connectivity index (χ4v) is 0.928. The highest BCUT2D eigenvalue weighted by Crippen LogP contribution is 2.01. The van der Waals surface area contributed by atoms with E-state index in [9.17, 15) is 0 Å². The van der Waals surface area contributed by atoms with E-state index in [2.05, 4.69) is 20.8 Å². The van der Waals surface area contributed by atoms with Gasteiger partial charge in [-0.15, -0.1) is 0 Å². The standard InChI is InChI=1S/C6H14N6/c1-7-4-5-11(2)6-8-9-10-12(6)3/h7H,4-5H2,1-3H3. The number of anilines is 1. The van der Waals surface area contributed by atoms with E-state index in [1.165, 1.54) is 0 Å². The minimum Gasteiger partial charge on any atom is -0.341 e. The maximum absolute atomic E-state index is 3.87. The Kier molecular flexibility index (Phi) is 2.98. The van der Waals surface area contributed by atoms with Gasteiger partial charge >= 0.3 is 0 Å². The summed E-state index contributed by atoms with van der Waals surface area (Å²) in [5, 5.41) is 14.2. The van der Waals surface area contributed by atoms with Gasteiger partial charge < -0.3 is 10.2 Å². The quantitative estimate of drug-likeness (QED) is 0.619. The van der Waals surface area contributed by atoms with Crippen molar-refractivity contribution in [1.29, 1.82) is 0 Å². The third-order valence-electron chi connectivity index (χ3n) is 1.64. The van der Waals surface area contributed by atoms with Gasteiger partial charge in [0.05, 0.1) is 0 Å². The molecule has 0 atom stereocenters. The fourth-order valence-electron chi connectivity index (χ4n) is 0.928. The summed E-state index contributed by atoms with van der Waals surface area (Å²) in [4.78, 5) is 2.00. The van der Waals surface area contributed by atoms with Crippen molar-refractivity contribution in [3.63, 3.8) is 0 Å². The number of rotatable bonds is 4. The van der Waals surface area contributed by atoms with E-state index in [0.717, 1.165) is 19.0 Å². The molecule has 1 aromatic rings. The van der Waals surface area contributed by atoms with E-state index in [1.807, 2.05) is 26.0 Å². The van der Waals surface area contributed by atoms with Crippen LogP contribution in [0, 0.1) is 0 Å². The third-order valence-corrected chi connectivity index (χ3v) is 1.64. The highest BCUT2D eigenvalue weighted by atomic mass is 15.6. The maximum atomic E-state index is 3.87. The molecule has 0 aromatic carbocycles. The van der Waals surface area contributed by atoms with Gasteiger partial charge in [0.25, 0.3) is 0 Å². The first kappa shape index (κ1) is 8.92. The molecular weight excluding hydrogens is 156 g/mol. The third kappa shape index (κ3) is 1.91. The lowest BCUT2D eigenvalue weighted by molar-refractivity contribution is 0.686. The molecule has 0 saturated heterocycles. The first-order valence-corrected chi connectivity index (χ1v) is 3.84. The normalized spacial score (nSPS) is 10.2. The Morgan fingerprint density at radius 2 is 2.33 bits per heavy atom. The number of nitrogens with one attached hydrogen (secondary N) is 1. The molecular formula is C6H14N6. The van der Waals surface area contributed by atoms with Crippen LogP contribution in [0.15, 0.2) is 0 Å². The number of hydrogen-bond donors (Lipinski definition) is 1. The average molecular weight is 170 g/mol. The van der Waals surface area contributed by atoms with Crippen molar-refractivity contribution < 1.29 is 0 Å². The van der Waals surface area contributed by atoms with Crippen LogP contribution in [0.1, 0.15) is 0 Å². The lowest BCUT2D eigenvalue weighted by Crippen LogP contribution is -2.29. The molecule has 1 rings (SSSR count). The number of likely N-dealkylation sites (N-methyl/N-ethyl adjacent to an activating group) is 2. The number of aromatic nitrogens is 4. The van der Waals surface area contributed by atoms with Crippen LogP contribution in [-0.2, 0) is 7.05 Å². The molecule has 1 N–H and O–H groups in total. The molecule has 6 nitrogen and oxygen atoms in total. The molecule has 0 bridgehead atoms. The van der Waals surface area contributed by atoms with Gasteiger partial charge in [0.2, 0.25) is 5.95 Å². The Labute approximate surface area is 71.5 Å². The minimum atomic E-state index is 0.783. The number of nitrogens with zero attached hydrogens (tertiary/aromatic N) is 5. The van der Waals surface area contributed by atoms with Crippen LogP contribution in [0.4, 0.5) is 5.95 Å². The lowest BCUT2D eigenvalue weighted by Gasteiger charge is -2.15. The van der Waals surface area contributed by atoms with E-state index in [4.69, 9.17) is 0 Å². The molecule has 0 saturated carbocycles. The molecule has 6 heteroatoms. The van der Waals surface area contributed by atoms with Gasteiger partial charge in [0.1, 0.15) is 0 Å². The molecule has 0 fully saturated rings. The van der Waals surface area contributed by atoms with Gasteiger partial charge in [0, 0.05) is 27.2 Å². The Balaban J connectivity index is 2.52. The summed E-state index contributed by atoms with van der Waals surface area (Å²) >= 11 is 0. The van der Waals surface area contributed by atoms with Crippen molar-refractivity contribution in [2.45, 2.75) is 0 Å². The molecule has 12 heavy (non-hydrogen) atoms. The van der Waals surface area contributed by atoms with Crippen molar-refractivity contribution >= 4 is 5.95 Å². The largest absolute Gasteiger partial charge is 0.341 e. The molecule has 0 aliphatic rings. The smallest absolute Gasteiger partial charge is 0.245 e. The average Bonchev–Trinajstić information content (AvgIpc) is 2.47. The second-order valence-corrected chi connectivity index (χ2v) is 2.63. The zero-order chi connectivity index (χ0) is 8.97. The predicted molar refractivity (Wildman–Crippen MR) is 46.0 cm³/mol. The van der Waals surface area contributed by atoms with Crippen molar-refractivity contribution in [2.75, 3.05) is 32.1 Å². The summed E-state index contributed by atoms with van der Waals surface area (Å²) < 4.78 is 1.65. The van der Waals surface area contributed by atoms with Gasteiger partial charge in [0.15, 0.2) is 0 Å². The fraction of sp³-hybridized carbons (Fsp3) is 0.833. The van der Waals surface area contributed by atoms with E-state index in [0.29, 0.717) is 0 Å². The minimum absolute atomic E-state index is 0.783.